The minimum Gasteiger partial charge on any atom is -0.456 e. The lowest BCUT2D eigenvalue weighted by atomic mass is 9.70. The molecule has 4 aliphatic carbocycles. The molecule has 2 unspecified atom stereocenters. The summed E-state index contributed by atoms with van der Waals surface area (Å²) in [6, 6.07) is 119. The zero-order valence-corrected chi connectivity index (χ0v) is 69.5. The molecule has 0 aromatic heterocycles. The lowest BCUT2D eigenvalue weighted by Gasteiger charge is -2.42. The van der Waals surface area contributed by atoms with Crippen LogP contribution in [-0.2, 0) is 11.8 Å². The molecule has 2 atom stereocenters. The molecule has 0 N–H and O–H groups in total. The van der Waals surface area contributed by atoms with Gasteiger partial charge in [-0.25, -0.2) is 0 Å². The first-order valence-corrected chi connectivity index (χ1v) is 50.2. The Kier molecular flexibility index (Phi) is 24.9. The molecule has 8 heteroatoms. The van der Waals surface area contributed by atoms with Crippen molar-refractivity contribution in [1.29, 1.82) is 0 Å². The van der Waals surface area contributed by atoms with Crippen molar-refractivity contribution in [3.8, 4) is 23.0 Å². The third-order valence-corrected chi connectivity index (χ3v) is 42.2. The molecule has 0 radical (unpaired) electrons. The molecule has 0 amide bonds. The molecule has 17 rings (SSSR count). The Balaban J connectivity index is 0.746. The van der Waals surface area contributed by atoms with E-state index in [1.165, 1.54) is 189 Å². The van der Waals surface area contributed by atoms with Crippen molar-refractivity contribution in [2.24, 2.45) is 0 Å². The van der Waals surface area contributed by atoms with E-state index in [2.05, 4.69) is 322 Å². The van der Waals surface area contributed by atoms with Crippen molar-refractivity contribution in [2.75, 3.05) is 12.3 Å². The maximum absolute atomic E-state index is 7.86. The molecule has 2 nitrogen and oxygen atoms in total. The van der Waals surface area contributed by atoms with Gasteiger partial charge in [0.1, 0.15) is 23.0 Å². The average molecular weight is 1550 g/mol. The van der Waals surface area contributed by atoms with E-state index < -0.39 is 37.1 Å². The van der Waals surface area contributed by atoms with Crippen LogP contribution in [0.2, 0.25) is 0 Å². The van der Waals surface area contributed by atoms with Crippen molar-refractivity contribution in [3.05, 3.63) is 338 Å². The summed E-state index contributed by atoms with van der Waals surface area (Å²) in [7, 11) is -3.95. The molecule has 1 aliphatic heterocycles. The molecule has 556 valence electrons. The summed E-state index contributed by atoms with van der Waals surface area (Å²) in [6.07, 6.45) is 33.2. The summed E-state index contributed by atoms with van der Waals surface area (Å²) in [4.78, 5) is 0. The second-order valence-corrected chi connectivity index (χ2v) is 46.4. The molecule has 12 aromatic carbocycles. The number of hydrogen-bond donors (Lipinski definition) is 0. The average Bonchev–Trinajstić information content (AvgIpc) is 0.713. The van der Waals surface area contributed by atoms with Crippen LogP contribution in [0, 0.1) is 0 Å². The summed E-state index contributed by atoms with van der Waals surface area (Å²) in [6.45, 7) is 2.51. The Morgan fingerprint density at radius 3 is 1.03 bits per heavy atom. The smallest absolute Gasteiger partial charge is 0.139 e. The second-order valence-electron chi connectivity index (χ2n) is 31.8. The molecular weight excluding hydrogens is 1440 g/mol. The predicted octanol–water partition coefficient (Wildman–Crippen LogP) is 23.5. The maximum Gasteiger partial charge on any atom is 0.139 e. The molecular formula is C102H106O2P6. The number of benzene rings is 12. The van der Waals surface area contributed by atoms with Crippen LogP contribution in [0.15, 0.2) is 315 Å². The molecule has 1 heterocycles. The third kappa shape index (κ3) is 16.9. The zero-order chi connectivity index (χ0) is 73.8. The van der Waals surface area contributed by atoms with Crippen LogP contribution in [0.1, 0.15) is 164 Å². The second kappa shape index (κ2) is 36.3. The van der Waals surface area contributed by atoms with Gasteiger partial charge in [0.05, 0.1) is 0 Å². The monoisotopic (exact) mass is 1550 g/mol. The summed E-state index contributed by atoms with van der Waals surface area (Å²) >= 11 is 0. The van der Waals surface area contributed by atoms with Crippen molar-refractivity contribution < 1.29 is 9.47 Å². The van der Waals surface area contributed by atoms with Crippen LogP contribution in [0.3, 0.4) is 0 Å². The highest BCUT2D eigenvalue weighted by Gasteiger charge is 2.44. The SMILES string of the molecule is CC1(Cc2ccc(P(c3ccccc3)c3cc(C4CCC(P(CCCP(C5CCCCC5)C5CCCCC5)C5CCCCC5)CC4)ccc3Oc3ccccc3P(c3ccccc3)c3ccccc3)cc2)c2cccc(P(c3ccccc3)c3ccccc3)c2Oc2c(P(c3ccccc3)c3ccccc3)cccc21. The van der Waals surface area contributed by atoms with Gasteiger partial charge in [0, 0.05) is 37.8 Å². The standard InChI is InChI=1S/C102H106O2P6/c1-102(92-57-34-61-97(108(86-47-22-7-23-48-86)87-49-24-8-25-50-87)100(92)104-101-93(102)58-35-62-98(101)109(88-51-26-9-27-52-88)89-53-28-10-29-54-89)76-77-63-68-91(69-64-77)110(90-55-30-11-31-56-90)99-75-79(67-72-95(99)103-94-59-32-33-60-96(94)107(84-43-18-5-19-44-84)85-45-20-6-21-46-85)78-65-70-83(71-66-78)106(82-41-16-4-17-42-82)74-36-73-105(80-37-12-2-13-38-80)81-39-14-3-15-40-81/h5-11,18-35,43-64,67-69,72,75,78,80-83H,2-4,12-17,36-42,65-66,70-71,73-74,76H2,1H3. The summed E-state index contributed by atoms with van der Waals surface area (Å²) in [5.41, 5.74) is 8.77. The molecule has 4 fully saturated rings. The van der Waals surface area contributed by atoms with Gasteiger partial charge in [-0.15, -0.1) is 15.8 Å². The van der Waals surface area contributed by atoms with E-state index in [9.17, 15) is 0 Å². The van der Waals surface area contributed by atoms with Gasteiger partial charge in [-0.3, -0.25) is 0 Å². The zero-order valence-electron chi connectivity index (χ0n) is 64.2. The van der Waals surface area contributed by atoms with Crippen LogP contribution in [-0.4, -0.2) is 35.0 Å². The van der Waals surface area contributed by atoms with Gasteiger partial charge in [0.15, 0.2) is 0 Å². The van der Waals surface area contributed by atoms with E-state index in [0.29, 0.717) is 5.92 Å². The Hall–Kier alpha value is -7.18. The lowest BCUT2D eigenvalue weighted by Crippen LogP contribution is -2.36. The Bertz CT molecular complexity index is 4640. The molecule has 0 bridgehead atoms. The topological polar surface area (TPSA) is 18.5 Å². The fourth-order valence-corrected chi connectivity index (χ4v) is 37.0. The molecule has 4 saturated carbocycles. The van der Waals surface area contributed by atoms with E-state index >= 15 is 0 Å². The van der Waals surface area contributed by atoms with Gasteiger partial charge in [-0.1, -0.05) is 362 Å². The van der Waals surface area contributed by atoms with Gasteiger partial charge in [0.25, 0.3) is 0 Å². The van der Waals surface area contributed by atoms with E-state index in [1.54, 1.807) is 38.0 Å². The van der Waals surface area contributed by atoms with Gasteiger partial charge in [0.2, 0.25) is 0 Å². The van der Waals surface area contributed by atoms with Crippen LogP contribution in [0.4, 0.5) is 0 Å². The molecule has 110 heavy (non-hydrogen) atoms. The number of fused-ring (bicyclic) bond motifs is 2. The van der Waals surface area contributed by atoms with Gasteiger partial charge in [-0.2, -0.15) is 0 Å². The fraction of sp³-hybridized carbons (Fsp3) is 0.294. The van der Waals surface area contributed by atoms with E-state index in [0.717, 1.165) is 52.1 Å². The summed E-state index contributed by atoms with van der Waals surface area (Å²) < 4.78 is 15.6. The van der Waals surface area contributed by atoms with Crippen molar-refractivity contribution in [1.82, 2.24) is 0 Å². The van der Waals surface area contributed by atoms with Gasteiger partial charge >= 0.3 is 0 Å². The normalized spacial score (nSPS) is 18.2. The highest BCUT2D eigenvalue weighted by molar-refractivity contribution is 7.81. The van der Waals surface area contributed by atoms with E-state index in [-0.39, 0.29) is 15.8 Å². The number of hydrogen-bond acceptors (Lipinski definition) is 2. The quantitative estimate of drug-likeness (QED) is 0.0531. The van der Waals surface area contributed by atoms with Crippen LogP contribution < -0.4 is 73.1 Å². The first-order valence-electron chi connectivity index (χ1n) is 41.5. The Morgan fingerprint density at radius 1 is 0.300 bits per heavy atom. The number of ether oxygens (including phenoxy) is 2. The van der Waals surface area contributed by atoms with Crippen molar-refractivity contribution >= 4 is 111 Å². The Morgan fingerprint density at radius 2 is 0.627 bits per heavy atom. The summed E-state index contributed by atoms with van der Waals surface area (Å²) in [5, 5.41) is 15.5. The summed E-state index contributed by atoms with van der Waals surface area (Å²) in [5.74, 6) is 4.38. The molecule has 5 aliphatic rings. The highest BCUT2D eigenvalue weighted by atomic mass is 31.1. The third-order valence-electron chi connectivity index (χ3n) is 24.9. The lowest BCUT2D eigenvalue weighted by molar-refractivity contribution is 0.410. The first-order chi connectivity index (χ1) is 54.5. The van der Waals surface area contributed by atoms with Gasteiger partial charge in [-0.05, 0) is 221 Å². The van der Waals surface area contributed by atoms with E-state index in [4.69, 9.17) is 9.47 Å². The first kappa shape index (κ1) is 75.5. The molecule has 0 saturated heterocycles. The predicted molar refractivity (Wildman–Crippen MR) is 485 cm³/mol. The highest BCUT2D eigenvalue weighted by Crippen LogP contribution is 2.61. The number of para-hydroxylation sites is 3. The molecule has 12 aromatic rings. The number of rotatable bonds is 25. The van der Waals surface area contributed by atoms with Crippen LogP contribution in [0.25, 0.3) is 0 Å². The largest absolute Gasteiger partial charge is 0.456 e. The van der Waals surface area contributed by atoms with Gasteiger partial charge < -0.3 is 9.47 Å². The minimum absolute atomic E-state index is 0.00456. The minimum atomic E-state index is -1.14. The van der Waals surface area contributed by atoms with Crippen molar-refractivity contribution in [2.45, 2.75) is 176 Å². The molecule has 0 spiro atoms. The maximum atomic E-state index is 7.86. The van der Waals surface area contributed by atoms with Crippen LogP contribution in [0.5, 0.6) is 23.0 Å². The van der Waals surface area contributed by atoms with Crippen molar-refractivity contribution in [3.63, 3.8) is 0 Å². The van der Waals surface area contributed by atoms with Crippen LogP contribution >= 0.6 is 47.5 Å². The van der Waals surface area contributed by atoms with E-state index in [1.807, 2.05) is 0 Å². The Labute approximate surface area is 664 Å². The fourth-order valence-electron chi connectivity index (χ4n) is 19.5.